The number of halogens is 2. The first-order valence-electron chi connectivity index (χ1n) is 3.25. The first-order valence-corrected chi connectivity index (χ1v) is 4.71. The quantitative estimate of drug-likeness (QED) is 0.701. The molecule has 0 aliphatic carbocycles. The summed E-state index contributed by atoms with van der Waals surface area (Å²) in [5, 5.41) is 0.390. The fourth-order valence-electron chi connectivity index (χ4n) is 0.931. The van der Waals surface area contributed by atoms with Gasteiger partial charge in [0.05, 0.1) is 9.77 Å². The van der Waals surface area contributed by atoms with Crippen LogP contribution in [-0.2, 0) is 0 Å². The molecule has 0 saturated carbocycles. The maximum absolute atomic E-state index is 5.68. The van der Waals surface area contributed by atoms with Crippen molar-refractivity contribution in [3.05, 3.63) is 20.7 Å². The van der Waals surface area contributed by atoms with Gasteiger partial charge in [0, 0.05) is 0 Å². The van der Waals surface area contributed by atoms with Gasteiger partial charge < -0.3 is 4.42 Å². The highest BCUT2D eigenvalue weighted by atomic mass is 127. The molecule has 5 heteroatoms. The Hall–Kier alpha value is -0.360. The van der Waals surface area contributed by atoms with Gasteiger partial charge in [0.25, 0.3) is 0 Å². The summed E-state index contributed by atoms with van der Waals surface area (Å²) in [6.07, 6.45) is 1.48. The van der Waals surface area contributed by atoms with Gasteiger partial charge in [0.2, 0.25) is 5.71 Å². The third-order valence-corrected chi connectivity index (χ3v) is 2.93. The standard InChI is InChI=1S/C7H4ClIN2O/c1-3-5(9)6-7(12-3)10-2-4(8)11-6/h2H,1H3. The van der Waals surface area contributed by atoms with Crippen molar-refractivity contribution in [1.29, 1.82) is 0 Å². The van der Waals surface area contributed by atoms with E-state index in [0.29, 0.717) is 10.9 Å². The van der Waals surface area contributed by atoms with E-state index < -0.39 is 0 Å². The van der Waals surface area contributed by atoms with Crippen LogP contribution in [0.5, 0.6) is 0 Å². The lowest BCUT2D eigenvalue weighted by molar-refractivity contribution is 0.564. The monoisotopic (exact) mass is 294 g/mol. The second-order valence-electron chi connectivity index (χ2n) is 2.32. The van der Waals surface area contributed by atoms with Crippen LogP contribution in [-0.4, -0.2) is 9.97 Å². The smallest absolute Gasteiger partial charge is 0.246 e. The Morgan fingerprint density at radius 3 is 3.08 bits per heavy atom. The number of aryl methyl sites for hydroxylation is 1. The molecule has 0 aliphatic rings. The lowest BCUT2D eigenvalue weighted by Crippen LogP contribution is -1.80. The van der Waals surface area contributed by atoms with Gasteiger partial charge in [0.15, 0.2) is 0 Å². The molecule has 2 aromatic rings. The molecule has 12 heavy (non-hydrogen) atoms. The SMILES string of the molecule is Cc1oc2ncc(Cl)nc2c1I. The third kappa shape index (κ3) is 1.19. The summed E-state index contributed by atoms with van der Waals surface area (Å²) < 4.78 is 6.28. The summed E-state index contributed by atoms with van der Waals surface area (Å²) in [6, 6.07) is 0. The highest BCUT2D eigenvalue weighted by Gasteiger charge is 2.10. The van der Waals surface area contributed by atoms with E-state index in [1.165, 1.54) is 6.20 Å². The molecule has 0 fully saturated rings. The molecule has 2 rings (SSSR count). The molecule has 0 aromatic carbocycles. The van der Waals surface area contributed by atoms with E-state index in [1.54, 1.807) is 0 Å². The Kier molecular flexibility index (Phi) is 1.96. The fourth-order valence-corrected chi connectivity index (χ4v) is 1.53. The maximum Gasteiger partial charge on any atom is 0.246 e. The molecule has 2 aromatic heterocycles. The highest BCUT2D eigenvalue weighted by Crippen LogP contribution is 2.24. The van der Waals surface area contributed by atoms with Crippen LogP contribution in [0.4, 0.5) is 0 Å². The second kappa shape index (κ2) is 2.85. The van der Waals surface area contributed by atoms with Crippen molar-refractivity contribution in [2.75, 3.05) is 0 Å². The zero-order chi connectivity index (χ0) is 8.72. The normalized spacial score (nSPS) is 10.9. The fraction of sp³-hybridized carbons (Fsp3) is 0.143. The largest absolute Gasteiger partial charge is 0.441 e. The summed E-state index contributed by atoms with van der Waals surface area (Å²) in [7, 11) is 0. The average Bonchev–Trinajstić information content (AvgIpc) is 2.31. The zero-order valence-electron chi connectivity index (χ0n) is 6.14. The lowest BCUT2D eigenvalue weighted by atomic mass is 10.4. The Morgan fingerprint density at radius 1 is 1.58 bits per heavy atom. The van der Waals surface area contributed by atoms with Crippen molar-refractivity contribution in [3.63, 3.8) is 0 Å². The van der Waals surface area contributed by atoms with Crippen LogP contribution in [0.3, 0.4) is 0 Å². The van der Waals surface area contributed by atoms with Crippen molar-refractivity contribution in [1.82, 2.24) is 9.97 Å². The average molecular weight is 294 g/mol. The van der Waals surface area contributed by atoms with Gasteiger partial charge in [-0.25, -0.2) is 9.97 Å². The number of hydrogen-bond acceptors (Lipinski definition) is 3. The van der Waals surface area contributed by atoms with E-state index in [1.807, 2.05) is 6.92 Å². The predicted octanol–water partition coefficient (Wildman–Crippen LogP) is 2.79. The van der Waals surface area contributed by atoms with Gasteiger partial charge in [-0.15, -0.1) is 0 Å². The van der Waals surface area contributed by atoms with Crippen LogP contribution in [0.1, 0.15) is 5.76 Å². The van der Waals surface area contributed by atoms with Crippen molar-refractivity contribution >= 4 is 45.4 Å². The van der Waals surface area contributed by atoms with E-state index in [9.17, 15) is 0 Å². The molecule has 0 radical (unpaired) electrons. The van der Waals surface area contributed by atoms with Gasteiger partial charge in [0.1, 0.15) is 16.4 Å². The molecule has 3 nitrogen and oxygen atoms in total. The molecule has 0 amide bonds. The van der Waals surface area contributed by atoms with Crippen LogP contribution in [0.15, 0.2) is 10.6 Å². The first kappa shape index (κ1) is 8.25. The van der Waals surface area contributed by atoms with Crippen LogP contribution in [0.2, 0.25) is 5.15 Å². The van der Waals surface area contributed by atoms with Gasteiger partial charge >= 0.3 is 0 Å². The zero-order valence-corrected chi connectivity index (χ0v) is 9.05. The maximum atomic E-state index is 5.68. The highest BCUT2D eigenvalue weighted by molar-refractivity contribution is 14.1. The van der Waals surface area contributed by atoms with E-state index in [0.717, 1.165) is 14.8 Å². The molecule has 0 spiro atoms. The molecular weight excluding hydrogens is 290 g/mol. The number of nitrogens with zero attached hydrogens (tertiary/aromatic N) is 2. The van der Waals surface area contributed by atoms with Gasteiger partial charge in [-0.1, -0.05) is 11.6 Å². The molecular formula is C7H4ClIN2O. The summed E-state index contributed by atoms with van der Waals surface area (Å²) in [5.74, 6) is 0.827. The number of rotatable bonds is 0. The van der Waals surface area contributed by atoms with E-state index in [4.69, 9.17) is 16.0 Å². The molecule has 0 N–H and O–H groups in total. The van der Waals surface area contributed by atoms with Crippen molar-refractivity contribution in [3.8, 4) is 0 Å². The minimum absolute atomic E-state index is 0.390. The van der Waals surface area contributed by atoms with Gasteiger partial charge in [-0.05, 0) is 29.5 Å². The topological polar surface area (TPSA) is 38.9 Å². The second-order valence-corrected chi connectivity index (χ2v) is 3.78. The van der Waals surface area contributed by atoms with Crippen LogP contribution >= 0.6 is 34.2 Å². The predicted molar refractivity (Wildman–Crippen MR) is 54.3 cm³/mol. The number of fused-ring (bicyclic) bond motifs is 1. The van der Waals surface area contributed by atoms with E-state index in [-0.39, 0.29) is 0 Å². The number of hydrogen-bond donors (Lipinski definition) is 0. The van der Waals surface area contributed by atoms with Crippen molar-refractivity contribution in [2.45, 2.75) is 6.92 Å². The molecule has 0 unspecified atom stereocenters. The Morgan fingerprint density at radius 2 is 2.33 bits per heavy atom. The summed E-state index contributed by atoms with van der Waals surface area (Å²) in [4.78, 5) is 8.09. The molecule has 2 heterocycles. The number of furan rings is 1. The third-order valence-electron chi connectivity index (χ3n) is 1.48. The minimum atomic E-state index is 0.390. The van der Waals surface area contributed by atoms with Gasteiger partial charge in [-0.3, -0.25) is 0 Å². The van der Waals surface area contributed by atoms with Crippen LogP contribution in [0, 0.1) is 10.5 Å². The molecule has 0 saturated heterocycles. The van der Waals surface area contributed by atoms with Crippen molar-refractivity contribution < 1.29 is 4.42 Å². The lowest BCUT2D eigenvalue weighted by Gasteiger charge is -1.87. The summed E-state index contributed by atoms with van der Waals surface area (Å²) in [5.41, 5.74) is 1.28. The van der Waals surface area contributed by atoms with Crippen LogP contribution < -0.4 is 0 Å². The van der Waals surface area contributed by atoms with Crippen LogP contribution in [0.25, 0.3) is 11.2 Å². The molecule has 0 aliphatic heterocycles. The summed E-state index contributed by atoms with van der Waals surface area (Å²) >= 11 is 7.84. The minimum Gasteiger partial charge on any atom is -0.441 e. The Labute approximate surface area is 87.3 Å². The van der Waals surface area contributed by atoms with E-state index in [2.05, 4.69) is 32.6 Å². The first-order chi connectivity index (χ1) is 5.68. The molecule has 0 atom stereocenters. The molecule has 0 bridgehead atoms. The van der Waals surface area contributed by atoms with Crippen molar-refractivity contribution in [2.24, 2.45) is 0 Å². The summed E-state index contributed by atoms with van der Waals surface area (Å²) in [6.45, 7) is 1.87. The van der Waals surface area contributed by atoms with Gasteiger partial charge in [-0.2, -0.15) is 0 Å². The van der Waals surface area contributed by atoms with E-state index >= 15 is 0 Å². The number of aromatic nitrogens is 2. The Balaban J connectivity index is 2.88. The molecule has 62 valence electrons. The Bertz CT molecular complexity index is 440.